The minimum Gasteiger partial charge on any atom is -0.379 e. The molecule has 21 heavy (non-hydrogen) atoms. The van der Waals surface area contributed by atoms with Gasteiger partial charge in [-0.3, -0.25) is 15.0 Å². The van der Waals surface area contributed by atoms with Crippen molar-refractivity contribution in [1.29, 1.82) is 0 Å². The number of carbonyl (C=O) groups is 1. The molecule has 0 radical (unpaired) electrons. The molecule has 2 heterocycles. The summed E-state index contributed by atoms with van der Waals surface area (Å²) in [5.74, 6) is 1.08. The number of nitrogens with one attached hydrogen (secondary N) is 1. The Morgan fingerprint density at radius 1 is 1.14 bits per heavy atom. The molecule has 1 amide bonds. The van der Waals surface area contributed by atoms with E-state index in [-0.39, 0.29) is 18.1 Å². The molecule has 0 bridgehead atoms. The van der Waals surface area contributed by atoms with Crippen LogP contribution in [-0.4, -0.2) is 67.3 Å². The summed E-state index contributed by atoms with van der Waals surface area (Å²) in [5.41, 5.74) is 0. The average Bonchev–Trinajstić information content (AvgIpc) is 2.78. The maximum Gasteiger partial charge on any atom is 0.241 e. The van der Waals surface area contributed by atoms with E-state index >= 15 is 0 Å². The van der Waals surface area contributed by atoms with Crippen LogP contribution < -0.4 is 5.32 Å². The van der Waals surface area contributed by atoms with Crippen LogP contribution in [0.2, 0.25) is 0 Å². The molecule has 2 aliphatic rings. The van der Waals surface area contributed by atoms with Crippen molar-refractivity contribution in [3.63, 3.8) is 0 Å². The van der Waals surface area contributed by atoms with Crippen LogP contribution in [0, 0.1) is 11.8 Å². The maximum absolute atomic E-state index is 12.6. The molecule has 2 saturated heterocycles. The van der Waals surface area contributed by atoms with E-state index in [1.807, 2.05) is 0 Å². The molecule has 2 unspecified atom stereocenters. The van der Waals surface area contributed by atoms with Crippen LogP contribution in [0.1, 0.15) is 34.1 Å². The van der Waals surface area contributed by atoms with Gasteiger partial charge in [0.2, 0.25) is 5.91 Å². The Balaban J connectivity index is 1.85. The Labute approximate surface area is 129 Å². The van der Waals surface area contributed by atoms with Gasteiger partial charge >= 0.3 is 0 Å². The predicted molar refractivity (Wildman–Crippen MR) is 84.0 cm³/mol. The molecule has 0 saturated carbocycles. The molecule has 0 aromatic heterocycles. The Bertz CT molecular complexity index is 340. The van der Waals surface area contributed by atoms with Crippen molar-refractivity contribution in [3.05, 3.63) is 0 Å². The molecule has 122 valence electrons. The summed E-state index contributed by atoms with van der Waals surface area (Å²) in [5, 5.41) is 3.52. The van der Waals surface area contributed by atoms with Gasteiger partial charge in [0.25, 0.3) is 0 Å². The summed E-state index contributed by atoms with van der Waals surface area (Å²) in [6.07, 6.45) is 1.23. The van der Waals surface area contributed by atoms with Crippen LogP contribution in [0.25, 0.3) is 0 Å². The highest BCUT2D eigenvalue weighted by Gasteiger charge is 2.40. The standard InChI is InChI=1S/C16H31N3O2/c1-12(2)14-16(20)19(15(17-14)13(3)4)7-5-6-18-8-10-21-11-9-18/h12-15,17H,5-11H2,1-4H3. The lowest BCUT2D eigenvalue weighted by Gasteiger charge is -2.30. The van der Waals surface area contributed by atoms with Gasteiger partial charge in [-0.25, -0.2) is 0 Å². The second-order valence-corrected chi connectivity index (χ2v) is 6.92. The monoisotopic (exact) mass is 297 g/mol. The molecule has 1 N–H and O–H groups in total. The largest absolute Gasteiger partial charge is 0.379 e. The van der Waals surface area contributed by atoms with Crippen molar-refractivity contribution in [2.45, 2.75) is 46.3 Å². The Morgan fingerprint density at radius 2 is 1.81 bits per heavy atom. The number of hydrogen-bond acceptors (Lipinski definition) is 4. The van der Waals surface area contributed by atoms with E-state index in [9.17, 15) is 4.79 Å². The number of carbonyl (C=O) groups excluding carboxylic acids is 1. The third-order valence-corrected chi connectivity index (χ3v) is 4.51. The Hall–Kier alpha value is -0.650. The van der Waals surface area contributed by atoms with Gasteiger partial charge in [-0.05, 0) is 18.3 Å². The Kier molecular flexibility index (Phi) is 6.02. The summed E-state index contributed by atoms with van der Waals surface area (Å²) < 4.78 is 5.37. The highest BCUT2D eigenvalue weighted by molar-refractivity contribution is 5.84. The minimum atomic E-state index is -0.0132. The number of nitrogens with zero attached hydrogens (tertiary/aromatic N) is 2. The van der Waals surface area contributed by atoms with Gasteiger partial charge in [-0.15, -0.1) is 0 Å². The van der Waals surface area contributed by atoms with E-state index in [1.165, 1.54) is 0 Å². The number of morpholine rings is 1. The third kappa shape index (κ3) is 4.18. The van der Waals surface area contributed by atoms with E-state index in [1.54, 1.807) is 0 Å². The molecule has 0 aliphatic carbocycles. The van der Waals surface area contributed by atoms with Crippen molar-refractivity contribution in [3.8, 4) is 0 Å². The minimum absolute atomic E-state index is 0.0132. The molecular weight excluding hydrogens is 266 g/mol. The number of rotatable bonds is 6. The summed E-state index contributed by atoms with van der Waals surface area (Å²) in [4.78, 5) is 17.1. The van der Waals surface area contributed by atoms with Crippen molar-refractivity contribution in [2.24, 2.45) is 11.8 Å². The second-order valence-electron chi connectivity index (χ2n) is 6.92. The Morgan fingerprint density at radius 3 is 2.38 bits per heavy atom. The van der Waals surface area contributed by atoms with Gasteiger partial charge in [0.05, 0.1) is 25.4 Å². The van der Waals surface area contributed by atoms with Crippen molar-refractivity contribution < 1.29 is 9.53 Å². The molecule has 5 heteroatoms. The van der Waals surface area contributed by atoms with E-state index in [0.717, 1.165) is 45.8 Å². The quantitative estimate of drug-likeness (QED) is 0.799. The first-order chi connectivity index (χ1) is 10.0. The summed E-state index contributed by atoms with van der Waals surface area (Å²) in [6, 6.07) is -0.0132. The van der Waals surface area contributed by atoms with Crippen molar-refractivity contribution in [2.75, 3.05) is 39.4 Å². The molecule has 0 spiro atoms. The number of hydrogen-bond donors (Lipinski definition) is 1. The van der Waals surface area contributed by atoms with E-state index in [4.69, 9.17) is 4.74 Å². The predicted octanol–water partition coefficient (Wildman–Crippen LogP) is 1.15. The van der Waals surface area contributed by atoms with Crippen molar-refractivity contribution in [1.82, 2.24) is 15.1 Å². The van der Waals surface area contributed by atoms with Crippen LogP contribution in [0.4, 0.5) is 0 Å². The summed E-state index contributed by atoms with van der Waals surface area (Å²) >= 11 is 0. The summed E-state index contributed by atoms with van der Waals surface area (Å²) in [7, 11) is 0. The van der Waals surface area contributed by atoms with Crippen molar-refractivity contribution >= 4 is 5.91 Å². The van der Waals surface area contributed by atoms with Crippen LogP contribution >= 0.6 is 0 Å². The number of amides is 1. The topological polar surface area (TPSA) is 44.8 Å². The molecule has 0 aromatic rings. The molecule has 0 aromatic carbocycles. The summed E-state index contributed by atoms with van der Waals surface area (Å²) in [6.45, 7) is 14.2. The smallest absolute Gasteiger partial charge is 0.241 e. The van der Waals surface area contributed by atoms with E-state index in [0.29, 0.717) is 11.8 Å². The van der Waals surface area contributed by atoms with E-state index < -0.39 is 0 Å². The number of ether oxygens (including phenoxy) is 1. The fourth-order valence-electron chi connectivity index (χ4n) is 3.23. The van der Waals surface area contributed by atoms with Crippen LogP contribution in [0.15, 0.2) is 0 Å². The fraction of sp³-hybridized carbons (Fsp3) is 0.938. The SMILES string of the molecule is CC(C)C1NC(C(C)C)N(CCCN2CCOCC2)C1=O. The van der Waals surface area contributed by atoms with Gasteiger partial charge in [-0.1, -0.05) is 27.7 Å². The van der Waals surface area contributed by atoms with Gasteiger partial charge in [-0.2, -0.15) is 0 Å². The van der Waals surface area contributed by atoms with Gasteiger partial charge < -0.3 is 9.64 Å². The van der Waals surface area contributed by atoms with Gasteiger partial charge in [0.15, 0.2) is 0 Å². The molecular formula is C16H31N3O2. The maximum atomic E-state index is 12.6. The fourth-order valence-corrected chi connectivity index (χ4v) is 3.23. The highest BCUT2D eigenvalue weighted by atomic mass is 16.5. The zero-order valence-corrected chi connectivity index (χ0v) is 14.0. The van der Waals surface area contributed by atoms with Crippen LogP contribution in [-0.2, 0) is 9.53 Å². The molecule has 2 atom stereocenters. The van der Waals surface area contributed by atoms with Gasteiger partial charge in [0, 0.05) is 26.2 Å². The molecule has 2 fully saturated rings. The van der Waals surface area contributed by atoms with Crippen LogP contribution in [0.3, 0.4) is 0 Å². The zero-order valence-electron chi connectivity index (χ0n) is 14.0. The lowest BCUT2D eigenvalue weighted by molar-refractivity contribution is -0.131. The highest BCUT2D eigenvalue weighted by Crippen LogP contribution is 2.22. The first kappa shape index (κ1) is 16.7. The van der Waals surface area contributed by atoms with Gasteiger partial charge in [0.1, 0.15) is 0 Å². The third-order valence-electron chi connectivity index (χ3n) is 4.51. The normalized spacial score (nSPS) is 28.1. The first-order valence-electron chi connectivity index (χ1n) is 8.37. The zero-order chi connectivity index (χ0) is 15.4. The average molecular weight is 297 g/mol. The lowest BCUT2D eigenvalue weighted by Crippen LogP contribution is -2.43. The molecule has 2 aliphatic heterocycles. The molecule has 5 nitrogen and oxygen atoms in total. The van der Waals surface area contributed by atoms with E-state index in [2.05, 4.69) is 42.8 Å². The lowest BCUT2D eigenvalue weighted by atomic mass is 10.0. The molecule has 2 rings (SSSR count). The van der Waals surface area contributed by atoms with Crippen LogP contribution in [0.5, 0.6) is 0 Å². The second kappa shape index (κ2) is 7.56. The first-order valence-corrected chi connectivity index (χ1v) is 8.37.